The molecule has 3 atom stereocenters. The largest absolute Gasteiger partial charge is 0.0656 e. The van der Waals surface area contributed by atoms with Crippen LogP contribution in [0, 0.1) is 17.8 Å². The van der Waals surface area contributed by atoms with Crippen molar-refractivity contribution in [3.63, 3.8) is 0 Å². The summed E-state index contributed by atoms with van der Waals surface area (Å²) in [6.07, 6.45) is 7.46. The van der Waals surface area contributed by atoms with Gasteiger partial charge in [0.1, 0.15) is 0 Å². The van der Waals surface area contributed by atoms with Crippen molar-refractivity contribution in [3.8, 4) is 0 Å². The Morgan fingerprint density at radius 1 is 1.09 bits per heavy atom. The van der Waals surface area contributed by atoms with Gasteiger partial charge >= 0.3 is 0 Å². The number of hydrogen-bond donors (Lipinski definition) is 0. The molecule has 0 nitrogen and oxygen atoms in total. The average Bonchev–Trinajstić information content (AvgIpc) is 2.48. The second-order valence-electron chi connectivity index (χ2n) is 4.36. The van der Waals surface area contributed by atoms with Crippen molar-refractivity contribution in [1.29, 1.82) is 0 Å². The molecule has 0 radical (unpaired) electrons. The lowest BCUT2D eigenvalue weighted by atomic mass is 9.91. The highest BCUT2D eigenvalue weighted by Gasteiger charge is 2.36. The molecular formula is C11H22. The Hall–Kier alpha value is 0. The quantitative estimate of drug-likeness (QED) is 0.497. The van der Waals surface area contributed by atoms with Crippen LogP contribution >= 0.6 is 0 Å². The van der Waals surface area contributed by atoms with E-state index in [0.717, 1.165) is 17.8 Å². The van der Waals surface area contributed by atoms with Crippen LogP contribution in [-0.2, 0) is 0 Å². The van der Waals surface area contributed by atoms with Crippen LogP contribution in [0.25, 0.3) is 0 Å². The molecule has 0 aromatic heterocycles. The minimum Gasteiger partial charge on any atom is -0.0656 e. The van der Waals surface area contributed by atoms with Crippen molar-refractivity contribution < 1.29 is 0 Å². The van der Waals surface area contributed by atoms with Crippen LogP contribution in [0.3, 0.4) is 0 Å². The van der Waals surface area contributed by atoms with Crippen molar-refractivity contribution in [1.82, 2.24) is 0 Å². The lowest BCUT2D eigenvalue weighted by Gasteiger charge is -2.15. The molecule has 0 N–H and O–H groups in total. The number of rotatable bonds is 0. The van der Waals surface area contributed by atoms with Gasteiger partial charge in [0.2, 0.25) is 0 Å². The molecule has 0 aromatic carbocycles. The zero-order valence-corrected chi connectivity index (χ0v) is 8.27. The fraction of sp³-hybridized carbons (Fsp3) is 1.00. The van der Waals surface area contributed by atoms with Gasteiger partial charge in [0.15, 0.2) is 0 Å². The van der Waals surface area contributed by atoms with E-state index in [4.69, 9.17) is 0 Å². The minimum absolute atomic E-state index is 1.08. The Kier molecular flexibility index (Phi) is 3.42. The highest BCUT2D eigenvalue weighted by Crippen LogP contribution is 2.47. The Labute approximate surface area is 71.4 Å². The molecule has 2 rings (SSSR count). The molecule has 66 valence electrons. The van der Waals surface area contributed by atoms with Gasteiger partial charge in [-0.05, 0) is 37.0 Å². The van der Waals surface area contributed by atoms with Gasteiger partial charge in [0.05, 0.1) is 0 Å². The third kappa shape index (κ3) is 2.21. The Morgan fingerprint density at radius 3 is 1.91 bits per heavy atom. The molecule has 2 aliphatic carbocycles. The van der Waals surface area contributed by atoms with Crippen LogP contribution in [0.2, 0.25) is 0 Å². The van der Waals surface area contributed by atoms with Crippen LogP contribution in [0.15, 0.2) is 0 Å². The van der Waals surface area contributed by atoms with E-state index < -0.39 is 0 Å². The van der Waals surface area contributed by atoms with E-state index in [2.05, 4.69) is 20.8 Å². The summed E-state index contributed by atoms with van der Waals surface area (Å²) in [4.78, 5) is 0. The summed E-state index contributed by atoms with van der Waals surface area (Å²) in [6, 6.07) is 0. The monoisotopic (exact) mass is 154 g/mol. The van der Waals surface area contributed by atoms with Crippen molar-refractivity contribution in [3.05, 3.63) is 0 Å². The van der Waals surface area contributed by atoms with Gasteiger partial charge in [0, 0.05) is 0 Å². The number of hydrogen-bond acceptors (Lipinski definition) is 0. The van der Waals surface area contributed by atoms with Gasteiger partial charge in [0.25, 0.3) is 0 Å². The lowest BCUT2D eigenvalue weighted by Crippen LogP contribution is -2.04. The molecule has 0 unspecified atom stereocenters. The first-order valence-corrected chi connectivity index (χ1v) is 5.27. The third-order valence-corrected chi connectivity index (χ3v) is 3.09. The molecule has 2 bridgehead atoms. The molecule has 0 heteroatoms. The van der Waals surface area contributed by atoms with E-state index in [1.807, 2.05) is 0 Å². The maximum Gasteiger partial charge on any atom is -0.0386 e. The summed E-state index contributed by atoms with van der Waals surface area (Å²) in [5.74, 6) is 3.36. The van der Waals surface area contributed by atoms with E-state index in [9.17, 15) is 0 Å². The summed E-state index contributed by atoms with van der Waals surface area (Å²) < 4.78 is 0. The maximum absolute atomic E-state index is 2.42. The highest BCUT2D eigenvalue weighted by molar-refractivity contribution is 4.87. The molecule has 2 fully saturated rings. The molecule has 2 aliphatic rings. The first-order valence-electron chi connectivity index (χ1n) is 5.27. The van der Waals surface area contributed by atoms with Gasteiger partial charge in [-0.1, -0.05) is 33.6 Å². The van der Waals surface area contributed by atoms with Crippen molar-refractivity contribution >= 4 is 0 Å². The van der Waals surface area contributed by atoms with Gasteiger partial charge in [-0.15, -0.1) is 0 Å². The molecule has 0 aliphatic heterocycles. The Balaban J connectivity index is 0.000000179. The van der Waals surface area contributed by atoms with Crippen molar-refractivity contribution in [2.24, 2.45) is 17.8 Å². The highest BCUT2D eigenvalue weighted by atomic mass is 14.4. The zero-order valence-electron chi connectivity index (χ0n) is 8.27. The molecule has 0 saturated heterocycles. The summed E-state index contributed by atoms with van der Waals surface area (Å²) in [7, 11) is 0. The third-order valence-electron chi connectivity index (χ3n) is 3.09. The standard InChI is InChI=1S/C8H14.C3H8/c1-6-4-7-2-3-8(6)5-7;1-3-2/h6-8H,2-5H2,1H3;3H2,1-2H3/t6-,7-,8-;/m1./s1. The second kappa shape index (κ2) is 4.13. The van der Waals surface area contributed by atoms with Gasteiger partial charge in [-0.3, -0.25) is 0 Å². The molecule has 0 amide bonds. The summed E-state index contributed by atoms with van der Waals surface area (Å²) in [6.45, 7) is 6.67. The Bertz CT molecular complexity index is 105. The van der Waals surface area contributed by atoms with Crippen LogP contribution in [0.5, 0.6) is 0 Å². The predicted octanol–water partition coefficient (Wildman–Crippen LogP) is 3.86. The van der Waals surface area contributed by atoms with E-state index >= 15 is 0 Å². The normalized spacial score (nSPS) is 40.1. The van der Waals surface area contributed by atoms with Crippen molar-refractivity contribution in [2.75, 3.05) is 0 Å². The summed E-state index contributed by atoms with van der Waals surface area (Å²) >= 11 is 0. The van der Waals surface area contributed by atoms with E-state index in [1.165, 1.54) is 6.42 Å². The van der Waals surface area contributed by atoms with Gasteiger partial charge < -0.3 is 0 Å². The average molecular weight is 154 g/mol. The summed E-state index contributed by atoms with van der Waals surface area (Å²) in [5.41, 5.74) is 0. The topological polar surface area (TPSA) is 0 Å². The second-order valence-corrected chi connectivity index (χ2v) is 4.36. The smallest absolute Gasteiger partial charge is 0.0386 e. The molecular weight excluding hydrogens is 132 g/mol. The first-order chi connectivity index (χ1) is 5.27. The minimum atomic E-state index is 1.08. The first kappa shape index (κ1) is 9.09. The number of fused-ring (bicyclic) bond motifs is 2. The SMILES string of the molecule is CCC.C[C@@H]1C[C@H]2CC[C@@H]1C2. The van der Waals surface area contributed by atoms with Crippen LogP contribution in [-0.4, -0.2) is 0 Å². The van der Waals surface area contributed by atoms with Gasteiger partial charge in [-0.2, -0.15) is 0 Å². The molecule has 0 heterocycles. The molecule has 2 saturated carbocycles. The van der Waals surface area contributed by atoms with Crippen molar-refractivity contribution in [2.45, 2.75) is 52.9 Å². The van der Waals surface area contributed by atoms with Crippen LogP contribution in [0.1, 0.15) is 52.9 Å². The Morgan fingerprint density at radius 2 is 1.73 bits per heavy atom. The fourth-order valence-corrected chi connectivity index (χ4v) is 2.56. The fourth-order valence-electron chi connectivity index (χ4n) is 2.56. The predicted molar refractivity (Wildman–Crippen MR) is 50.6 cm³/mol. The summed E-state index contributed by atoms with van der Waals surface area (Å²) in [5, 5.41) is 0. The maximum atomic E-state index is 2.42. The lowest BCUT2D eigenvalue weighted by molar-refractivity contribution is 0.360. The van der Waals surface area contributed by atoms with Gasteiger partial charge in [-0.25, -0.2) is 0 Å². The van der Waals surface area contributed by atoms with Crippen LogP contribution < -0.4 is 0 Å². The van der Waals surface area contributed by atoms with E-state index in [0.29, 0.717) is 0 Å². The molecule has 11 heavy (non-hydrogen) atoms. The van der Waals surface area contributed by atoms with Crippen LogP contribution in [0.4, 0.5) is 0 Å². The molecule has 0 spiro atoms. The zero-order chi connectivity index (χ0) is 8.27. The van der Waals surface area contributed by atoms with E-state index in [-0.39, 0.29) is 0 Å². The van der Waals surface area contributed by atoms with E-state index in [1.54, 1.807) is 25.7 Å². The molecule has 0 aromatic rings.